The van der Waals surface area contributed by atoms with Crippen LogP contribution >= 0.6 is 0 Å². The summed E-state index contributed by atoms with van der Waals surface area (Å²) in [5, 5.41) is 2.84. The molecule has 2 aromatic carbocycles. The quantitative estimate of drug-likeness (QED) is 0.600. The summed E-state index contributed by atoms with van der Waals surface area (Å²) < 4.78 is 1.95. The van der Waals surface area contributed by atoms with E-state index in [-0.39, 0.29) is 18.4 Å². The highest BCUT2D eigenvalue weighted by molar-refractivity contribution is 5.94. The molecular weight excluding hydrogens is 364 g/mol. The number of nitrogens with zero attached hydrogens (tertiary/aromatic N) is 3. The molecule has 0 saturated heterocycles. The Morgan fingerprint density at radius 3 is 2.55 bits per heavy atom. The molecule has 0 spiro atoms. The fourth-order valence-corrected chi connectivity index (χ4v) is 3.33. The Hall–Kier alpha value is -3.41. The number of allylic oxidation sites excluding steroid dienone is 1. The van der Waals surface area contributed by atoms with Crippen LogP contribution in [0.2, 0.25) is 0 Å². The summed E-state index contributed by atoms with van der Waals surface area (Å²) in [7, 11) is 0. The lowest BCUT2D eigenvalue weighted by atomic mass is 10.2. The lowest BCUT2D eigenvalue weighted by Crippen LogP contribution is -2.34. The fraction of sp³-hybridized carbons (Fsp3) is 0.261. The summed E-state index contributed by atoms with van der Waals surface area (Å²) in [4.78, 5) is 31.2. The lowest BCUT2D eigenvalue weighted by Gasteiger charge is -2.22. The van der Waals surface area contributed by atoms with Crippen LogP contribution in [0.15, 0.2) is 66.7 Å². The maximum Gasteiger partial charge on any atom is 0.246 e. The van der Waals surface area contributed by atoms with Crippen molar-refractivity contribution in [2.45, 2.75) is 26.8 Å². The highest BCUT2D eigenvalue weighted by Gasteiger charge is 2.18. The second kappa shape index (κ2) is 9.68. The Kier molecular flexibility index (Phi) is 6.79. The van der Waals surface area contributed by atoms with Gasteiger partial charge in [0.1, 0.15) is 12.4 Å². The first-order valence-corrected chi connectivity index (χ1v) is 9.84. The normalized spacial score (nSPS) is 11.1. The van der Waals surface area contributed by atoms with Crippen molar-refractivity contribution in [3.8, 4) is 0 Å². The van der Waals surface area contributed by atoms with Gasteiger partial charge in [-0.1, -0.05) is 36.4 Å². The first-order chi connectivity index (χ1) is 14.1. The van der Waals surface area contributed by atoms with E-state index in [1.807, 2.05) is 66.1 Å². The average molecular weight is 390 g/mol. The Morgan fingerprint density at radius 2 is 1.83 bits per heavy atom. The summed E-state index contributed by atoms with van der Waals surface area (Å²) in [5.41, 5.74) is 2.64. The van der Waals surface area contributed by atoms with Crippen LogP contribution in [0.5, 0.6) is 0 Å². The SMILES string of the molecule is C/C=C/C(=O)NCCc1nc2ccccc2n1CC(=O)N(CC)c1ccccc1. The van der Waals surface area contributed by atoms with E-state index in [1.165, 1.54) is 6.08 Å². The number of imidazole rings is 1. The number of aromatic nitrogens is 2. The minimum absolute atomic E-state index is 0.000977. The minimum Gasteiger partial charge on any atom is -0.352 e. The Labute approximate surface area is 170 Å². The van der Waals surface area contributed by atoms with Crippen LogP contribution in [0.1, 0.15) is 19.7 Å². The van der Waals surface area contributed by atoms with Gasteiger partial charge in [-0.2, -0.15) is 0 Å². The van der Waals surface area contributed by atoms with Crippen molar-refractivity contribution >= 4 is 28.5 Å². The van der Waals surface area contributed by atoms with Gasteiger partial charge in [0.25, 0.3) is 0 Å². The predicted octanol–water partition coefficient (Wildman–Crippen LogP) is 3.32. The number of nitrogens with one attached hydrogen (secondary N) is 1. The summed E-state index contributed by atoms with van der Waals surface area (Å²) in [6.45, 7) is 5.01. The zero-order valence-corrected chi connectivity index (χ0v) is 16.8. The largest absolute Gasteiger partial charge is 0.352 e. The zero-order chi connectivity index (χ0) is 20.6. The molecule has 0 radical (unpaired) electrons. The highest BCUT2D eigenvalue weighted by atomic mass is 16.2. The number of anilines is 1. The van der Waals surface area contributed by atoms with Crippen molar-refractivity contribution in [3.63, 3.8) is 0 Å². The van der Waals surface area contributed by atoms with Crippen molar-refractivity contribution in [2.24, 2.45) is 0 Å². The van der Waals surface area contributed by atoms with Crippen molar-refractivity contribution in [3.05, 3.63) is 72.6 Å². The van der Waals surface area contributed by atoms with Gasteiger partial charge in [0.15, 0.2) is 0 Å². The maximum atomic E-state index is 13.1. The van der Waals surface area contributed by atoms with Gasteiger partial charge < -0.3 is 14.8 Å². The van der Waals surface area contributed by atoms with E-state index in [9.17, 15) is 9.59 Å². The van der Waals surface area contributed by atoms with Gasteiger partial charge in [-0.15, -0.1) is 0 Å². The van der Waals surface area contributed by atoms with E-state index in [0.29, 0.717) is 19.5 Å². The topological polar surface area (TPSA) is 67.2 Å². The molecule has 0 unspecified atom stereocenters. The number of hydrogen-bond donors (Lipinski definition) is 1. The van der Waals surface area contributed by atoms with E-state index in [4.69, 9.17) is 0 Å². The number of fused-ring (bicyclic) bond motifs is 1. The molecule has 6 nitrogen and oxygen atoms in total. The second-order valence-electron chi connectivity index (χ2n) is 6.62. The first kappa shape index (κ1) is 20.3. The highest BCUT2D eigenvalue weighted by Crippen LogP contribution is 2.19. The third-order valence-corrected chi connectivity index (χ3v) is 4.68. The summed E-state index contributed by atoms with van der Waals surface area (Å²) >= 11 is 0. The number of carbonyl (C=O) groups is 2. The van der Waals surface area contributed by atoms with E-state index in [2.05, 4.69) is 10.3 Å². The number of para-hydroxylation sites is 3. The predicted molar refractivity (Wildman–Crippen MR) is 116 cm³/mol. The van der Waals surface area contributed by atoms with Crippen molar-refractivity contribution in [2.75, 3.05) is 18.0 Å². The van der Waals surface area contributed by atoms with Gasteiger partial charge in [0, 0.05) is 25.2 Å². The monoisotopic (exact) mass is 390 g/mol. The van der Waals surface area contributed by atoms with E-state index < -0.39 is 0 Å². The zero-order valence-electron chi connectivity index (χ0n) is 16.8. The van der Waals surface area contributed by atoms with E-state index >= 15 is 0 Å². The van der Waals surface area contributed by atoms with Gasteiger partial charge in [0.05, 0.1) is 11.0 Å². The Morgan fingerprint density at radius 1 is 1.10 bits per heavy atom. The smallest absolute Gasteiger partial charge is 0.246 e. The molecule has 6 heteroatoms. The molecule has 0 aliphatic rings. The van der Waals surface area contributed by atoms with Crippen molar-refractivity contribution in [1.82, 2.24) is 14.9 Å². The Balaban J connectivity index is 1.83. The van der Waals surface area contributed by atoms with Gasteiger partial charge >= 0.3 is 0 Å². The minimum atomic E-state index is -0.132. The number of rotatable bonds is 8. The van der Waals surface area contributed by atoms with Crippen LogP contribution in [-0.4, -0.2) is 34.5 Å². The maximum absolute atomic E-state index is 13.1. The summed E-state index contributed by atoms with van der Waals surface area (Å²) in [6.07, 6.45) is 3.74. The molecule has 1 heterocycles. The molecule has 2 amide bonds. The van der Waals surface area contributed by atoms with Gasteiger partial charge in [0.2, 0.25) is 11.8 Å². The van der Waals surface area contributed by atoms with E-state index in [0.717, 1.165) is 22.5 Å². The Bertz CT molecular complexity index is 1010. The average Bonchev–Trinajstić information content (AvgIpc) is 3.07. The van der Waals surface area contributed by atoms with Crippen LogP contribution in [0.3, 0.4) is 0 Å². The number of amides is 2. The molecule has 1 N–H and O–H groups in total. The molecule has 0 fully saturated rings. The fourth-order valence-electron chi connectivity index (χ4n) is 3.33. The van der Waals surface area contributed by atoms with Crippen molar-refractivity contribution < 1.29 is 9.59 Å². The molecule has 3 rings (SSSR count). The number of benzene rings is 2. The molecule has 0 aliphatic heterocycles. The molecule has 1 aromatic heterocycles. The van der Waals surface area contributed by atoms with Crippen LogP contribution in [-0.2, 0) is 22.6 Å². The molecule has 29 heavy (non-hydrogen) atoms. The lowest BCUT2D eigenvalue weighted by molar-refractivity contribution is -0.119. The van der Waals surface area contributed by atoms with Crippen molar-refractivity contribution in [1.29, 1.82) is 0 Å². The standard InChI is InChI=1S/C23H26N4O2/c1-3-10-22(28)24-16-15-21-25-19-13-8-9-14-20(19)27(21)17-23(29)26(4-2)18-11-6-5-7-12-18/h3,5-14H,4,15-17H2,1-2H3,(H,24,28)/b10-3+. The molecule has 0 bridgehead atoms. The molecule has 0 aliphatic carbocycles. The molecular formula is C23H26N4O2. The van der Waals surface area contributed by atoms with Gasteiger partial charge in [-0.25, -0.2) is 4.98 Å². The summed E-state index contributed by atoms with van der Waals surface area (Å²) in [5.74, 6) is 0.651. The van der Waals surface area contributed by atoms with Gasteiger partial charge in [-0.3, -0.25) is 9.59 Å². The first-order valence-electron chi connectivity index (χ1n) is 9.84. The van der Waals surface area contributed by atoms with Gasteiger partial charge in [-0.05, 0) is 44.2 Å². The van der Waals surface area contributed by atoms with Crippen LogP contribution in [0, 0.1) is 0 Å². The van der Waals surface area contributed by atoms with Crippen LogP contribution in [0.4, 0.5) is 5.69 Å². The summed E-state index contributed by atoms with van der Waals surface area (Å²) in [6, 6.07) is 17.4. The van der Waals surface area contributed by atoms with Crippen LogP contribution in [0.25, 0.3) is 11.0 Å². The third kappa shape index (κ3) is 4.90. The third-order valence-electron chi connectivity index (χ3n) is 4.68. The van der Waals surface area contributed by atoms with Crippen LogP contribution < -0.4 is 10.2 Å². The molecule has 150 valence electrons. The number of hydrogen-bond acceptors (Lipinski definition) is 3. The number of likely N-dealkylation sites (N-methyl/N-ethyl adjacent to an activating group) is 1. The second-order valence-corrected chi connectivity index (χ2v) is 6.62. The molecule has 0 saturated carbocycles. The number of carbonyl (C=O) groups excluding carboxylic acids is 2. The van der Waals surface area contributed by atoms with E-state index in [1.54, 1.807) is 17.9 Å². The molecule has 3 aromatic rings. The molecule has 0 atom stereocenters.